The van der Waals surface area contributed by atoms with Crippen molar-refractivity contribution in [1.82, 2.24) is 4.90 Å². The fourth-order valence-corrected chi connectivity index (χ4v) is 3.07. The minimum Gasteiger partial charge on any atom is -0.466 e. The Balaban J connectivity index is 1.97. The minimum absolute atomic E-state index is 0.0300. The fraction of sp³-hybridized carbons (Fsp3) is 0.588. The Morgan fingerprint density at radius 2 is 2.00 bits per heavy atom. The maximum atomic E-state index is 11.9. The van der Waals surface area contributed by atoms with Crippen LogP contribution in [0.5, 0.6) is 0 Å². The van der Waals surface area contributed by atoms with Crippen molar-refractivity contribution >= 4 is 5.97 Å². The lowest BCUT2D eigenvalue weighted by molar-refractivity contribution is -0.150. The van der Waals surface area contributed by atoms with E-state index in [0.29, 0.717) is 6.61 Å². The van der Waals surface area contributed by atoms with E-state index in [9.17, 15) is 4.79 Å². The topological polar surface area (TPSA) is 29.5 Å². The minimum atomic E-state index is -0.0300. The highest BCUT2D eigenvalue weighted by Crippen LogP contribution is 2.20. The highest BCUT2D eigenvalue weighted by molar-refractivity contribution is 5.72. The molecular weight excluding hydrogens is 250 g/mol. The summed E-state index contributed by atoms with van der Waals surface area (Å²) in [7, 11) is 0. The smallest absolute Gasteiger partial charge is 0.310 e. The summed E-state index contributed by atoms with van der Waals surface area (Å²) < 4.78 is 5.15. The Morgan fingerprint density at radius 1 is 1.30 bits per heavy atom. The first-order chi connectivity index (χ1) is 9.58. The van der Waals surface area contributed by atoms with Crippen LogP contribution in [0, 0.1) is 19.8 Å². The summed E-state index contributed by atoms with van der Waals surface area (Å²) in [6.07, 6.45) is 2.04. The molecule has 1 aliphatic heterocycles. The van der Waals surface area contributed by atoms with E-state index in [2.05, 4.69) is 36.9 Å². The fourth-order valence-electron chi connectivity index (χ4n) is 3.07. The third-order valence-corrected chi connectivity index (χ3v) is 3.81. The molecule has 1 aromatic rings. The van der Waals surface area contributed by atoms with Gasteiger partial charge in [-0.25, -0.2) is 0 Å². The van der Waals surface area contributed by atoms with Crippen LogP contribution >= 0.6 is 0 Å². The van der Waals surface area contributed by atoms with Gasteiger partial charge in [0.2, 0.25) is 0 Å². The number of carbonyl (C=O) groups excluding carboxylic acids is 1. The third kappa shape index (κ3) is 4.07. The molecule has 0 aliphatic carbocycles. The van der Waals surface area contributed by atoms with Gasteiger partial charge in [-0.05, 0) is 45.7 Å². The van der Waals surface area contributed by atoms with Crippen molar-refractivity contribution in [3.05, 3.63) is 34.9 Å². The van der Waals surface area contributed by atoms with Gasteiger partial charge < -0.3 is 4.74 Å². The molecule has 0 amide bonds. The van der Waals surface area contributed by atoms with E-state index in [-0.39, 0.29) is 11.9 Å². The number of esters is 1. The van der Waals surface area contributed by atoms with Crippen LogP contribution < -0.4 is 0 Å². The zero-order valence-corrected chi connectivity index (χ0v) is 12.8. The van der Waals surface area contributed by atoms with E-state index in [1.807, 2.05) is 6.92 Å². The summed E-state index contributed by atoms with van der Waals surface area (Å²) in [6, 6.07) is 6.67. The Labute approximate surface area is 121 Å². The zero-order chi connectivity index (χ0) is 14.5. The number of ether oxygens (including phenoxy) is 1. The lowest BCUT2D eigenvalue weighted by atomic mass is 9.97. The number of aryl methyl sites for hydroxylation is 2. The lowest BCUT2D eigenvalue weighted by Crippen LogP contribution is -2.38. The molecule has 0 bridgehead atoms. The summed E-state index contributed by atoms with van der Waals surface area (Å²) in [6.45, 7) is 9.44. The van der Waals surface area contributed by atoms with Crippen molar-refractivity contribution in [2.45, 2.75) is 40.2 Å². The number of piperidine rings is 1. The van der Waals surface area contributed by atoms with Crippen LogP contribution in [0.4, 0.5) is 0 Å². The second kappa shape index (κ2) is 6.89. The molecule has 2 rings (SSSR count). The molecule has 110 valence electrons. The molecule has 1 atom stereocenters. The first kappa shape index (κ1) is 15.0. The molecule has 1 aromatic carbocycles. The zero-order valence-electron chi connectivity index (χ0n) is 12.8. The quantitative estimate of drug-likeness (QED) is 0.791. The highest BCUT2D eigenvalue weighted by Gasteiger charge is 2.26. The lowest BCUT2D eigenvalue weighted by Gasteiger charge is -2.31. The standard InChI is InChI=1S/C17H25NO2/c1-4-20-17(19)16-6-5-7-18(12-16)11-15-9-13(2)8-14(3)10-15/h8-10,16H,4-7,11-12H2,1-3H3/t16-/m0/s1. The van der Waals surface area contributed by atoms with Gasteiger partial charge in [0, 0.05) is 13.1 Å². The summed E-state index contributed by atoms with van der Waals surface area (Å²) in [5, 5.41) is 0. The number of likely N-dealkylation sites (tertiary alicyclic amines) is 1. The average Bonchev–Trinajstić information content (AvgIpc) is 2.38. The molecule has 1 heterocycles. The van der Waals surface area contributed by atoms with Crippen LogP contribution in [0.3, 0.4) is 0 Å². The van der Waals surface area contributed by atoms with Gasteiger partial charge in [-0.2, -0.15) is 0 Å². The largest absolute Gasteiger partial charge is 0.466 e. The van der Waals surface area contributed by atoms with Crippen molar-refractivity contribution in [1.29, 1.82) is 0 Å². The van der Waals surface area contributed by atoms with Crippen LogP contribution in [0.2, 0.25) is 0 Å². The van der Waals surface area contributed by atoms with E-state index in [4.69, 9.17) is 4.74 Å². The number of hydrogen-bond acceptors (Lipinski definition) is 3. The van der Waals surface area contributed by atoms with Crippen LogP contribution in [-0.2, 0) is 16.1 Å². The molecule has 20 heavy (non-hydrogen) atoms. The Bertz CT molecular complexity index is 450. The number of nitrogens with zero attached hydrogens (tertiary/aromatic N) is 1. The van der Waals surface area contributed by atoms with E-state index in [1.54, 1.807) is 0 Å². The molecule has 0 aromatic heterocycles. The SMILES string of the molecule is CCOC(=O)[C@H]1CCCN(Cc2cc(C)cc(C)c2)C1. The van der Waals surface area contributed by atoms with E-state index in [1.165, 1.54) is 16.7 Å². The number of hydrogen-bond donors (Lipinski definition) is 0. The Morgan fingerprint density at radius 3 is 2.65 bits per heavy atom. The molecule has 0 radical (unpaired) electrons. The second-order valence-corrected chi connectivity index (χ2v) is 5.82. The predicted molar refractivity (Wildman–Crippen MR) is 80.6 cm³/mol. The van der Waals surface area contributed by atoms with Crippen LogP contribution in [0.15, 0.2) is 18.2 Å². The van der Waals surface area contributed by atoms with Crippen molar-refractivity contribution in [3.8, 4) is 0 Å². The van der Waals surface area contributed by atoms with Crippen LogP contribution in [-0.4, -0.2) is 30.6 Å². The van der Waals surface area contributed by atoms with Crippen LogP contribution in [0.1, 0.15) is 36.5 Å². The number of rotatable bonds is 4. The first-order valence-corrected chi connectivity index (χ1v) is 7.54. The summed E-state index contributed by atoms with van der Waals surface area (Å²) in [5.41, 5.74) is 3.95. The van der Waals surface area contributed by atoms with E-state index in [0.717, 1.165) is 32.5 Å². The number of benzene rings is 1. The average molecular weight is 275 g/mol. The van der Waals surface area contributed by atoms with Gasteiger partial charge in [-0.1, -0.05) is 29.3 Å². The molecule has 1 fully saturated rings. The molecule has 0 saturated carbocycles. The van der Waals surface area contributed by atoms with Gasteiger partial charge in [0.1, 0.15) is 0 Å². The molecule has 3 heteroatoms. The maximum Gasteiger partial charge on any atom is 0.310 e. The molecular formula is C17H25NO2. The van der Waals surface area contributed by atoms with Gasteiger partial charge in [0.25, 0.3) is 0 Å². The third-order valence-electron chi connectivity index (χ3n) is 3.81. The normalized spacial score (nSPS) is 19.9. The first-order valence-electron chi connectivity index (χ1n) is 7.54. The highest BCUT2D eigenvalue weighted by atomic mass is 16.5. The van der Waals surface area contributed by atoms with Crippen molar-refractivity contribution in [2.75, 3.05) is 19.7 Å². The molecule has 0 unspecified atom stereocenters. The van der Waals surface area contributed by atoms with Gasteiger partial charge >= 0.3 is 5.97 Å². The van der Waals surface area contributed by atoms with Gasteiger partial charge in [-0.3, -0.25) is 9.69 Å². The van der Waals surface area contributed by atoms with Crippen LogP contribution in [0.25, 0.3) is 0 Å². The Kier molecular flexibility index (Phi) is 5.18. The van der Waals surface area contributed by atoms with Crippen molar-refractivity contribution in [2.24, 2.45) is 5.92 Å². The Hall–Kier alpha value is -1.35. The molecule has 0 N–H and O–H groups in total. The summed E-state index contributed by atoms with van der Waals surface area (Å²) in [4.78, 5) is 14.2. The number of carbonyl (C=O) groups is 1. The summed E-state index contributed by atoms with van der Waals surface area (Å²) in [5.74, 6) is 0.0206. The molecule has 1 saturated heterocycles. The van der Waals surface area contributed by atoms with Crippen molar-refractivity contribution in [3.63, 3.8) is 0 Å². The van der Waals surface area contributed by atoms with Crippen molar-refractivity contribution < 1.29 is 9.53 Å². The molecule has 1 aliphatic rings. The van der Waals surface area contributed by atoms with Gasteiger partial charge in [0.15, 0.2) is 0 Å². The monoisotopic (exact) mass is 275 g/mol. The maximum absolute atomic E-state index is 11.9. The molecule has 0 spiro atoms. The molecule has 3 nitrogen and oxygen atoms in total. The second-order valence-electron chi connectivity index (χ2n) is 5.82. The van der Waals surface area contributed by atoms with Gasteiger partial charge in [-0.15, -0.1) is 0 Å². The predicted octanol–water partition coefficient (Wildman–Crippen LogP) is 3.08. The summed E-state index contributed by atoms with van der Waals surface area (Å²) >= 11 is 0. The van der Waals surface area contributed by atoms with E-state index < -0.39 is 0 Å². The van der Waals surface area contributed by atoms with E-state index >= 15 is 0 Å². The van der Waals surface area contributed by atoms with Gasteiger partial charge in [0.05, 0.1) is 12.5 Å².